The van der Waals surface area contributed by atoms with Crippen LogP contribution in [0.3, 0.4) is 0 Å². The molecule has 1 unspecified atom stereocenters. The summed E-state index contributed by atoms with van der Waals surface area (Å²) in [5.74, 6) is 0. The standard InChI is InChI=1S/C10H12N2/c1-10(11)5-4-9-8(7-10)3-2-6-12-9/h2-4,6-7H,5,11H2,1H3. The zero-order chi connectivity index (χ0) is 8.60. The molecule has 0 saturated heterocycles. The van der Waals surface area contributed by atoms with E-state index in [0.29, 0.717) is 0 Å². The Morgan fingerprint density at radius 3 is 3.25 bits per heavy atom. The number of nitrogens with zero attached hydrogens (tertiary/aromatic N) is 1. The molecule has 0 aliphatic heterocycles. The Morgan fingerprint density at radius 1 is 1.58 bits per heavy atom. The van der Waals surface area contributed by atoms with Gasteiger partial charge in [0.05, 0.1) is 5.35 Å². The number of hydrogen-bond donors (Lipinski definition) is 1. The summed E-state index contributed by atoms with van der Waals surface area (Å²) in [6.07, 6.45) is 6.85. The van der Waals surface area contributed by atoms with Gasteiger partial charge in [0, 0.05) is 11.7 Å². The SMILES string of the molecule is CC1(N)C=c2cccnc2=CC1. The minimum absolute atomic E-state index is 0.198. The second-order valence-corrected chi connectivity index (χ2v) is 3.54. The van der Waals surface area contributed by atoms with Crippen molar-refractivity contribution in [3.05, 3.63) is 28.9 Å². The van der Waals surface area contributed by atoms with Gasteiger partial charge in [-0.1, -0.05) is 18.2 Å². The largest absolute Gasteiger partial charge is 0.322 e. The van der Waals surface area contributed by atoms with Gasteiger partial charge in [-0.15, -0.1) is 0 Å². The van der Waals surface area contributed by atoms with E-state index in [1.807, 2.05) is 25.3 Å². The molecule has 1 aromatic heterocycles. The highest BCUT2D eigenvalue weighted by molar-refractivity contribution is 5.45. The summed E-state index contributed by atoms with van der Waals surface area (Å²) in [6, 6.07) is 3.98. The van der Waals surface area contributed by atoms with Crippen LogP contribution in [0.5, 0.6) is 0 Å². The number of nitrogens with two attached hydrogens (primary N) is 1. The normalized spacial score (nSPS) is 26.8. The Balaban J connectivity index is 2.72. The van der Waals surface area contributed by atoms with Gasteiger partial charge in [0.2, 0.25) is 0 Å². The Hall–Kier alpha value is -1.15. The van der Waals surface area contributed by atoms with E-state index in [1.54, 1.807) is 0 Å². The molecule has 0 fully saturated rings. The van der Waals surface area contributed by atoms with Crippen LogP contribution >= 0.6 is 0 Å². The summed E-state index contributed by atoms with van der Waals surface area (Å²) in [4.78, 5) is 4.24. The average molecular weight is 160 g/mol. The monoisotopic (exact) mass is 160 g/mol. The van der Waals surface area contributed by atoms with Crippen molar-refractivity contribution in [2.24, 2.45) is 5.73 Å². The minimum atomic E-state index is -0.198. The van der Waals surface area contributed by atoms with Crippen LogP contribution in [-0.2, 0) is 0 Å². The van der Waals surface area contributed by atoms with Gasteiger partial charge >= 0.3 is 0 Å². The van der Waals surface area contributed by atoms with Crippen molar-refractivity contribution in [3.8, 4) is 0 Å². The van der Waals surface area contributed by atoms with Gasteiger partial charge in [-0.3, -0.25) is 4.98 Å². The van der Waals surface area contributed by atoms with E-state index in [-0.39, 0.29) is 5.54 Å². The molecule has 2 rings (SSSR count). The first-order valence-electron chi connectivity index (χ1n) is 4.10. The highest BCUT2D eigenvalue weighted by Crippen LogP contribution is 2.08. The molecule has 0 radical (unpaired) electrons. The van der Waals surface area contributed by atoms with E-state index < -0.39 is 0 Å². The van der Waals surface area contributed by atoms with Gasteiger partial charge < -0.3 is 5.73 Å². The summed E-state index contributed by atoms with van der Waals surface area (Å²) in [7, 11) is 0. The van der Waals surface area contributed by atoms with Crippen LogP contribution in [0.4, 0.5) is 0 Å². The van der Waals surface area contributed by atoms with E-state index in [2.05, 4.69) is 17.1 Å². The van der Waals surface area contributed by atoms with Crippen molar-refractivity contribution in [1.82, 2.24) is 4.98 Å². The van der Waals surface area contributed by atoms with Crippen molar-refractivity contribution in [2.75, 3.05) is 0 Å². The molecular weight excluding hydrogens is 148 g/mol. The van der Waals surface area contributed by atoms with Crippen LogP contribution in [0.2, 0.25) is 0 Å². The first-order chi connectivity index (χ1) is 5.67. The molecular formula is C10H12N2. The third-order valence-corrected chi connectivity index (χ3v) is 2.09. The third-order valence-electron chi connectivity index (χ3n) is 2.09. The molecule has 0 spiro atoms. The molecule has 2 nitrogen and oxygen atoms in total. The Morgan fingerprint density at radius 2 is 2.42 bits per heavy atom. The van der Waals surface area contributed by atoms with Gasteiger partial charge in [0.15, 0.2) is 0 Å². The maximum absolute atomic E-state index is 5.98. The smallest absolute Gasteiger partial charge is 0.0660 e. The summed E-state index contributed by atoms with van der Waals surface area (Å²) in [5, 5.41) is 2.20. The van der Waals surface area contributed by atoms with Crippen molar-refractivity contribution in [3.63, 3.8) is 0 Å². The Kier molecular flexibility index (Phi) is 1.51. The van der Waals surface area contributed by atoms with Crippen LogP contribution in [0.1, 0.15) is 13.3 Å². The lowest BCUT2D eigenvalue weighted by atomic mass is 9.94. The molecule has 1 aromatic rings. The Bertz CT molecular complexity index is 404. The van der Waals surface area contributed by atoms with Crippen LogP contribution < -0.4 is 16.3 Å². The average Bonchev–Trinajstić information content (AvgIpc) is 2.02. The van der Waals surface area contributed by atoms with E-state index in [9.17, 15) is 0 Å². The quantitative estimate of drug-likeness (QED) is 0.569. The molecule has 0 aromatic carbocycles. The fourth-order valence-electron chi connectivity index (χ4n) is 1.45. The summed E-state index contributed by atoms with van der Waals surface area (Å²) in [5.41, 5.74) is 5.78. The number of rotatable bonds is 0. The van der Waals surface area contributed by atoms with Crippen LogP contribution in [0.25, 0.3) is 12.2 Å². The first-order valence-corrected chi connectivity index (χ1v) is 4.10. The number of aromatic nitrogens is 1. The Labute approximate surface area is 71.4 Å². The van der Waals surface area contributed by atoms with E-state index in [4.69, 9.17) is 5.73 Å². The van der Waals surface area contributed by atoms with Crippen LogP contribution in [0.15, 0.2) is 18.3 Å². The number of pyridine rings is 1. The topological polar surface area (TPSA) is 38.9 Å². The minimum Gasteiger partial charge on any atom is -0.322 e. The van der Waals surface area contributed by atoms with Gasteiger partial charge in [-0.25, -0.2) is 0 Å². The molecule has 1 atom stereocenters. The highest BCUT2D eigenvalue weighted by atomic mass is 14.7. The number of fused-ring (bicyclic) bond motifs is 1. The maximum atomic E-state index is 5.98. The second-order valence-electron chi connectivity index (χ2n) is 3.54. The highest BCUT2D eigenvalue weighted by Gasteiger charge is 2.15. The summed E-state index contributed by atoms with van der Waals surface area (Å²) < 4.78 is 0. The fraction of sp³-hybridized carbons (Fsp3) is 0.300. The lowest BCUT2D eigenvalue weighted by Crippen LogP contribution is -2.43. The molecule has 2 N–H and O–H groups in total. The molecule has 2 heteroatoms. The maximum Gasteiger partial charge on any atom is 0.0660 e. The fourth-order valence-corrected chi connectivity index (χ4v) is 1.45. The molecule has 1 aliphatic rings. The van der Waals surface area contributed by atoms with Gasteiger partial charge in [-0.2, -0.15) is 0 Å². The third kappa shape index (κ3) is 1.25. The lowest BCUT2D eigenvalue weighted by Gasteiger charge is -2.20. The lowest BCUT2D eigenvalue weighted by molar-refractivity contribution is 0.638. The molecule has 1 heterocycles. The van der Waals surface area contributed by atoms with Gasteiger partial charge in [0.1, 0.15) is 0 Å². The molecule has 1 aliphatic carbocycles. The van der Waals surface area contributed by atoms with Crippen LogP contribution in [0, 0.1) is 0 Å². The van der Waals surface area contributed by atoms with Crippen molar-refractivity contribution in [2.45, 2.75) is 18.9 Å². The van der Waals surface area contributed by atoms with Crippen LogP contribution in [-0.4, -0.2) is 10.5 Å². The van der Waals surface area contributed by atoms with Gasteiger partial charge in [0.25, 0.3) is 0 Å². The van der Waals surface area contributed by atoms with Crippen molar-refractivity contribution < 1.29 is 0 Å². The molecule has 0 saturated carbocycles. The zero-order valence-electron chi connectivity index (χ0n) is 7.12. The molecule has 0 amide bonds. The molecule has 0 bridgehead atoms. The second kappa shape index (κ2) is 2.42. The van der Waals surface area contributed by atoms with Gasteiger partial charge in [-0.05, 0) is 24.6 Å². The number of hydrogen-bond acceptors (Lipinski definition) is 2. The first kappa shape index (κ1) is 7.50. The van der Waals surface area contributed by atoms with E-state index in [1.165, 1.54) is 0 Å². The zero-order valence-corrected chi connectivity index (χ0v) is 7.12. The predicted molar refractivity (Wildman–Crippen MR) is 49.6 cm³/mol. The van der Waals surface area contributed by atoms with Crippen molar-refractivity contribution >= 4 is 12.2 Å². The van der Waals surface area contributed by atoms with E-state index >= 15 is 0 Å². The summed E-state index contributed by atoms with van der Waals surface area (Å²) in [6.45, 7) is 2.03. The van der Waals surface area contributed by atoms with Crippen molar-refractivity contribution in [1.29, 1.82) is 0 Å². The molecule has 12 heavy (non-hydrogen) atoms. The van der Waals surface area contributed by atoms with E-state index in [0.717, 1.165) is 17.0 Å². The predicted octanol–water partition coefficient (Wildman–Crippen LogP) is -0.236. The molecule has 62 valence electrons. The summed E-state index contributed by atoms with van der Waals surface area (Å²) >= 11 is 0.